The van der Waals surface area contributed by atoms with Crippen LogP contribution in [0.25, 0.3) is 6.08 Å². The standard InChI is InChI=1S/C21H23NO4/c1-4-25-19-12-10-18(11-13-19)22-21(24)16(3)26-20(23)14-9-17-7-5-15(2)6-8-17/h5-14,16H,4H2,1-3H3,(H,22,24). The summed E-state index contributed by atoms with van der Waals surface area (Å²) in [6.07, 6.45) is 2.06. The predicted octanol–water partition coefficient (Wildman–Crippen LogP) is 3.98. The highest BCUT2D eigenvalue weighted by Crippen LogP contribution is 2.16. The van der Waals surface area contributed by atoms with Crippen LogP contribution < -0.4 is 10.1 Å². The van der Waals surface area contributed by atoms with Gasteiger partial charge in [0.05, 0.1) is 6.61 Å². The lowest BCUT2D eigenvalue weighted by Gasteiger charge is -2.12. The van der Waals surface area contributed by atoms with E-state index in [4.69, 9.17) is 9.47 Å². The fraction of sp³-hybridized carbons (Fsp3) is 0.238. The number of ether oxygens (including phenoxy) is 2. The van der Waals surface area contributed by atoms with Gasteiger partial charge in [-0.1, -0.05) is 29.8 Å². The zero-order valence-electron chi connectivity index (χ0n) is 15.2. The molecule has 5 nitrogen and oxygen atoms in total. The maximum absolute atomic E-state index is 12.1. The molecule has 0 spiro atoms. The van der Waals surface area contributed by atoms with E-state index in [1.165, 1.54) is 13.0 Å². The Balaban J connectivity index is 1.85. The molecule has 0 heterocycles. The third-order valence-electron chi connectivity index (χ3n) is 3.58. The van der Waals surface area contributed by atoms with Crippen LogP contribution in [0.15, 0.2) is 54.6 Å². The molecule has 0 aliphatic carbocycles. The summed E-state index contributed by atoms with van der Waals surface area (Å²) in [6, 6.07) is 14.7. The van der Waals surface area contributed by atoms with Gasteiger partial charge in [-0.2, -0.15) is 0 Å². The van der Waals surface area contributed by atoms with Gasteiger partial charge in [-0.15, -0.1) is 0 Å². The fourth-order valence-corrected chi connectivity index (χ4v) is 2.15. The van der Waals surface area contributed by atoms with E-state index in [1.54, 1.807) is 30.3 Å². The van der Waals surface area contributed by atoms with Gasteiger partial charge >= 0.3 is 5.97 Å². The SMILES string of the molecule is CCOc1ccc(NC(=O)C(C)OC(=O)C=Cc2ccc(C)cc2)cc1. The van der Waals surface area contributed by atoms with Crippen molar-refractivity contribution in [2.75, 3.05) is 11.9 Å². The molecule has 1 N–H and O–H groups in total. The van der Waals surface area contributed by atoms with Crippen LogP contribution >= 0.6 is 0 Å². The zero-order valence-corrected chi connectivity index (χ0v) is 15.2. The van der Waals surface area contributed by atoms with Crippen molar-refractivity contribution >= 4 is 23.6 Å². The minimum absolute atomic E-state index is 0.397. The second-order valence-electron chi connectivity index (χ2n) is 5.77. The molecule has 0 saturated carbocycles. The Hall–Kier alpha value is -3.08. The van der Waals surface area contributed by atoms with Crippen LogP contribution in [0, 0.1) is 6.92 Å². The Morgan fingerprint density at radius 1 is 1.08 bits per heavy atom. The predicted molar refractivity (Wildman–Crippen MR) is 102 cm³/mol. The maximum atomic E-state index is 12.1. The average molecular weight is 353 g/mol. The second kappa shape index (κ2) is 9.42. The first-order chi connectivity index (χ1) is 12.5. The Morgan fingerprint density at radius 3 is 2.35 bits per heavy atom. The highest BCUT2D eigenvalue weighted by Gasteiger charge is 2.16. The number of rotatable bonds is 7. The molecule has 0 fully saturated rings. The van der Waals surface area contributed by atoms with E-state index in [2.05, 4.69) is 5.32 Å². The van der Waals surface area contributed by atoms with E-state index in [1.807, 2.05) is 38.1 Å². The third-order valence-corrected chi connectivity index (χ3v) is 3.58. The van der Waals surface area contributed by atoms with Gasteiger partial charge in [0, 0.05) is 11.8 Å². The Bertz CT molecular complexity index is 764. The van der Waals surface area contributed by atoms with Crippen molar-refractivity contribution in [3.63, 3.8) is 0 Å². The average Bonchev–Trinajstić information content (AvgIpc) is 2.63. The van der Waals surface area contributed by atoms with Gasteiger partial charge in [0.15, 0.2) is 6.10 Å². The Labute approximate surface area is 153 Å². The van der Waals surface area contributed by atoms with Crippen molar-refractivity contribution in [2.24, 2.45) is 0 Å². The molecule has 1 unspecified atom stereocenters. The first-order valence-corrected chi connectivity index (χ1v) is 8.47. The molecular formula is C21H23NO4. The summed E-state index contributed by atoms with van der Waals surface area (Å²) >= 11 is 0. The minimum atomic E-state index is -0.906. The maximum Gasteiger partial charge on any atom is 0.331 e. The summed E-state index contributed by atoms with van der Waals surface area (Å²) in [4.78, 5) is 24.0. The summed E-state index contributed by atoms with van der Waals surface area (Å²) in [5.74, 6) is -0.239. The summed E-state index contributed by atoms with van der Waals surface area (Å²) in [5.41, 5.74) is 2.64. The van der Waals surface area contributed by atoms with Crippen LogP contribution in [0.4, 0.5) is 5.69 Å². The van der Waals surface area contributed by atoms with Crippen LogP contribution in [0.1, 0.15) is 25.0 Å². The normalized spacial score (nSPS) is 11.8. The molecule has 26 heavy (non-hydrogen) atoms. The van der Waals surface area contributed by atoms with E-state index in [-0.39, 0.29) is 0 Å². The molecule has 2 rings (SSSR count). The molecule has 0 aliphatic heterocycles. The molecular weight excluding hydrogens is 330 g/mol. The molecule has 5 heteroatoms. The van der Waals surface area contributed by atoms with Crippen LogP contribution in [0.3, 0.4) is 0 Å². The smallest absolute Gasteiger partial charge is 0.331 e. The topological polar surface area (TPSA) is 64.6 Å². The fourth-order valence-electron chi connectivity index (χ4n) is 2.15. The summed E-state index contributed by atoms with van der Waals surface area (Å²) in [5, 5.41) is 2.70. The summed E-state index contributed by atoms with van der Waals surface area (Å²) in [6.45, 7) is 6.00. The first kappa shape index (κ1) is 19.2. The quantitative estimate of drug-likeness (QED) is 0.604. The van der Waals surface area contributed by atoms with Crippen LogP contribution in [-0.4, -0.2) is 24.6 Å². The number of hydrogen-bond acceptors (Lipinski definition) is 4. The molecule has 0 radical (unpaired) electrons. The van der Waals surface area contributed by atoms with Gasteiger partial charge < -0.3 is 14.8 Å². The van der Waals surface area contributed by atoms with Crippen molar-refractivity contribution in [2.45, 2.75) is 26.9 Å². The lowest BCUT2D eigenvalue weighted by molar-refractivity contribution is -0.148. The molecule has 0 aliphatic rings. The van der Waals surface area contributed by atoms with Crippen molar-refractivity contribution < 1.29 is 19.1 Å². The zero-order chi connectivity index (χ0) is 18.9. The van der Waals surface area contributed by atoms with E-state index >= 15 is 0 Å². The van der Waals surface area contributed by atoms with Gasteiger partial charge in [0.1, 0.15) is 5.75 Å². The van der Waals surface area contributed by atoms with Crippen molar-refractivity contribution in [1.82, 2.24) is 0 Å². The van der Waals surface area contributed by atoms with E-state index in [0.29, 0.717) is 12.3 Å². The summed E-state index contributed by atoms with van der Waals surface area (Å²) in [7, 11) is 0. The van der Waals surface area contributed by atoms with Crippen molar-refractivity contribution in [1.29, 1.82) is 0 Å². The van der Waals surface area contributed by atoms with Gasteiger partial charge in [-0.05, 0) is 56.7 Å². The highest BCUT2D eigenvalue weighted by molar-refractivity contribution is 5.96. The number of anilines is 1. The molecule has 0 aromatic heterocycles. The number of aryl methyl sites for hydroxylation is 1. The number of esters is 1. The highest BCUT2D eigenvalue weighted by atomic mass is 16.5. The lowest BCUT2D eigenvalue weighted by Crippen LogP contribution is -2.29. The van der Waals surface area contributed by atoms with Gasteiger partial charge in [-0.25, -0.2) is 4.79 Å². The number of amides is 1. The molecule has 136 valence electrons. The van der Waals surface area contributed by atoms with E-state index in [9.17, 15) is 9.59 Å². The molecule has 2 aromatic rings. The molecule has 2 aromatic carbocycles. The van der Waals surface area contributed by atoms with Crippen LogP contribution in [0.2, 0.25) is 0 Å². The van der Waals surface area contributed by atoms with E-state index in [0.717, 1.165) is 16.9 Å². The first-order valence-electron chi connectivity index (χ1n) is 8.47. The van der Waals surface area contributed by atoms with Crippen LogP contribution in [-0.2, 0) is 14.3 Å². The second-order valence-corrected chi connectivity index (χ2v) is 5.77. The molecule has 0 saturated heterocycles. The van der Waals surface area contributed by atoms with E-state index < -0.39 is 18.0 Å². The van der Waals surface area contributed by atoms with Gasteiger partial charge in [0.25, 0.3) is 5.91 Å². The number of benzene rings is 2. The minimum Gasteiger partial charge on any atom is -0.494 e. The largest absolute Gasteiger partial charge is 0.494 e. The van der Waals surface area contributed by atoms with Crippen molar-refractivity contribution in [3.8, 4) is 5.75 Å². The Morgan fingerprint density at radius 2 is 1.73 bits per heavy atom. The molecule has 1 amide bonds. The lowest BCUT2D eigenvalue weighted by atomic mass is 10.1. The number of hydrogen-bond donors (Lipinski definition) is 1. The van der Waals surface area contributed by atoms with Gasteiger partial charge in [0.2, 0.25) is 0 Å². The number of carbonyl (C=O) groups is 2. The summed E-state index contributed by atoms with van der Waals surface area (Å²) < 4.78 is 10.5. The third kappa shape index (κ3) is 6.09. The number of nitrogens with one attached hydrogen (secondary N) is 1. The van der Waals surface area contributed by atoms with Crippen molar-refractivity contribution in [3.05, 3.63) is 65.7 Å². The number of carbonyl (C=O) groups excluding carboxylic acids is 2. The van der Waals surface area contributed by atoms with Gasteiger partial charge in [-0.3, -0.25) is 4.79 Å². The monoisotopic (exact) mass is 353 g/mol. The molecule has 1 atom stereocenters. The van der Waals surface area contributed by atoms with Crippen LogP contribution in [0.5, 0.6) is 5.75 Å². The molecule has 0 bridgehead atoms. The Kier molecular flexibility index (Phi) is 6.97.